The van der Waals surface area contributed by atoms with E-state index in [0.717, 1.165) is 16.8 Å². The van der Waals surface area contributed by atoms with E-state index in [1.165, 1.54) is 0 Å². The van der Waals surface area contributed by atoms with Gasteiger partial charge in [-0.1, -0.05) is 65.7 Å². The molecule has 0 atom stereocenters. The fraction of sp³-hybridized carbons (Fsp3) is 0.133. The highest BCUT2D eigenvalue weighted by Crippen LogP contribution is 2.31. The van der Waals surface area contributed by atoms with Crippen LogP contribution in [0.1, 0.15) is 16.1 Å². The Kier molecular flexibility index (Phi) is 7.82. The number of carbonyl (C=O) groups is 2. The topological polar surface area (TPSA) is 65.8 Å². The Morgan fingerprint density at radius 3 is 2.34 bits per heavy atom. The number of carbonyl (C=O) groups excluding carboxylic acids is 2. The van der Waals surface area contributed by atoms with Crippen molar-refractivity contribution in [2.45, 2.75) is 0 Å². The number of anilines is 2. The summed E-state index contributed by atoms with van der Waals surface area (Å²) in [5, 5.41) is 4.03. The molecular weight excluding hydrogens is 521 g/mol. The first-order valence-electron chi connectivity index (χ1n) is 12.2. The van der Waals surface area contributed by atoms with Crippen molar-refractivity contribution in [1.82, 2.24) is 4.90 Å². The molecule has 2 amide bonds. The van der Waals surface area contributed by atoms with Gasteiger partial charge < -0.3 is 19.5 Å². The number of halogens is 2. The first-order chi connectivity index (χ1) is 18.5. The predicted octanol–water partition coefficient (Wildman–Crippen LogP) is 6.87. The lowest BCUT2D eigenvalue weighted by Gasteiger charge is -2.36. The van der Waals surface area contributed by atoms with Gasteiger partial charge in [-0.15, -0.1) is 0 Å². The minimum atomic E-state index is -0.387. The number of nitrogens with one attached hydrogen (secondary N) is 1. The highest BCUT2D eigenvalue weighted by molar-refractivity contribution is 6.31. The molecule has 0 radical (unpaired) electrons. The predicted molar refractivity (Wildman–Crippen MR) is 153 cm³/mol. The van der Waals surface area contributed by atoms with Gasteiger partial charge in [-0.3, -0.25) is 9.59 Å². The Bertz CT molecular complexity index is 1480. The molecule has 0 aliphatic carbocycles. The van der Waals surface area contributed by atoms with Gasteiger partial charge in [-0.05, 0) is 54.1 Å². The van der Waals surface area contributed by atoms with Gasteiger partial charge in [0.2, 0.25) is 5.91 Å². The number of amides is 2. The lowest BCUT2D eigenvalue weighted by molar-refractivity contribution is -0.126. The normalized spacial score (nSPS) is 13.6. The Morgan fingerprint density at radius 2 is 1.58 bits per heavy atom. The highest BCUT2D eigenvalue weighted by Gasteiger charge is 2.23. The summed E-state index contributed by atoms with van der Waals surface area (Å²) in [6.07, 6.45) is 3.44. The second kappa shape index (κ2) is 11.6. The Hall–Kier alpha value is -4.00. The quantitative estimate of drug-likeness (QED) is 0.268. The van der Waals surface area contributed by atoms with Crippen LogP contribution in [0.5, 0.6) is 0 Å². The maximum Gasteiger partial charge on any atom is 0.291 e. The third kappa shape index (κ3) is 6.10. The molecule has 192 valence electrons. The van der Waals surface area contributed by atoms with Crippen molar-refractivity contribution in [3.8, 4) is 11.3 Å². The lowest BCUT2D eigenvalue weighted by atomic mass is 10.2. The van der Waals surface area contributed by atoms with Gasteiger partial charge in [0, 0.05) is 47.9 Å². The molecule has 1 aliphatic rings. The van der Waals surface area contributed by atoms with E-state index in [9.17, 15) is 9.59 Å². The maximum absolute atomic E-state index is 13.0. The average Bonchev–Trinajstić information content (AvgIpc) is 3.43. The van der Waals surface area contributed by atoms with E-state index in [0.29, 0.717) is 47.7 Å². The van der Waals surface area contributed by atoms with Crippen LogP contribution in [0.25, 0.3) is 17.4 Å². The largest absolute Gasteiger partial charge is 0.451 e. The molecule has 1 N–H and O–H groups in total. The summed E-state index contributed by atoms with van der Waals surface area (Å²) < 4.78 is 5.80. The molecule has 1 aliphatic heterocycles. The molecule has 8 heteroatoms. The second-order valence-corrected chi connectivity index (χ2v) is 9.72. The van der Waals surface area contributed by atoms with Crippen molar-refractivity contribution in [3.63, 3.8) is 0 Å². The summed E-state index contributed by atoms with van der Waals surface area (Å²) in [7, 11) is 0. The van der Waals surface area contributed by atoms with Gasteiger partial charge in [-0.25, -0.2) is 0 Å². The molecule has 1 fully saturated rings. The SMILES string of the molecule is O=C(Nc1cc(Cl)ccc1N1CCN(C(=O)/C=C/c2ccccc2)CC1)c1ccc(-c2cccc(Cl)c2)o1. The molecule has 5 rings (SSSR count). The van der Waals surface area contributed by atoms with Gasteiger partial charge in [0.05, 0.1) is 11.4 Å². The zero-order chi connectivity index (χ0) is 26.5. The molecule has 2 heterocycles. The number of benzene rings is 3. The lowest BCUT2D eigenvalue weighted by Crippen LogP contribution is -2.48. The van der Waals surface area contributed by atoms with Crippen molar-refractivity contribution in [2.24, 2.45) is 0 Å². The van der Waals surface area contributed by atoms with Gasteiger partial charge in [0.15, 0.2) is 5.76 Å². The molecule has 1 saturated heterocycles. The van der Waals surface area contributed by atoms with E-state index >= 15 is 0 Å². The fourth-order valence-corrected chi connectivity index (χ4v) is 4.69. The molecule has 0 unspecified atom stereocenters. The first kappa shape index (κ1) is 25.6. The van der Waals surface area contributed by atoms with Crippen LogP contribution in [0, 0.1) is 0 Å². The minimum absolute atomic E-state index is 0.0218. The smallest absolute Gasteiger partial charge is 0.291 e. The number of hydrogen-bond acceptors (Lipinski definition) is 4. The van der Waals surface area contributed by atoms with Gasteiger partial charge in [-0.2, -0.15) is 0 Å². The summed E-state index contributed by atoms with van der Waals surface area (Å²) in [4.78, 5) is 29.7. The summed E-state index contributed by atoms with van der Waals surface area (Å²) in [5.74, 6) is 0.311. The maximum atomic E-state index is 13.0. The van der Waals surface area contributed by atoms with Crippen molar-refractivity contribution in [2.75, 3.05) is 36.4 Å². The number of piperazine rings is 1. The van der Waals surface area contributed by atoms with Crippen molar-refractivity contribution >= 4 is 52.5 Å². The molecule has 0 bridgehead atoms. The first-order valence-corrected chi connectivity index (χ1v) is 13.0. The van der Waals surface area contributed by atoms with Crippen LogP contribution in [0.4, 0.5) is 11.4 Å². The summed E-state index contributed by atoms with van der Waals surface area (Å²) in [5.41, 5.74) is 3.17. The fourth-order valence-electron chi connectivity index (χ4n) is 4.33. The molecule has 38 heavy (non-hydrogen) atoms. The van der Waals surface area contributed by atoms with Gasteiger partial charge in [0.1, 0.15) is 5.76 Å². The number of hydrogen-bond donors (Lipinski definition) is 1. The van der Waals surface area contributed by atoms with Crippen LogP contribution in [-0.2, 0) is 4.79 Å². The Morgan fingerprint density at radius 1 is 0.816 bits per heavy atom. The van der Waals surface area contributed by atoms with E-state index in [2.05, 4.69) is 10.2 Å². The monoisotopic (exact) mass is 545 g/mol. The van der Waals surface area contributed by atoms with Crippen LogP contribution in [-0.4, -0.2) is 42.9 Å². The van der Waals surface area contributed by atoms with E-state index in [1.54, 1.807) is 42.5 Å². The third-order valence-electron chi connectivity index (χ3n) is 6.30. The van der Waals surface area contributed by atoms with Crippen LogP contribution in [0.2, 0.25) is 10.0 Å². The Balaban J connectivity index is 1.25. The summed E-state index contributed by atoms with van der Waals surface area (Å²) in [6, 6.07) is 25.7. The van der Waals surface area contributed by atoms with Crippen molar-refractivity contribution in [3.05, 3.63) is 112 Å². The Labute approximate surface area is 231 Å². The molecule has 1 aromatic heterocycles. The van der Waals surface area contributed by atoms with E-state index in [1.807, 2.05) is 59.5 Å². The number of rotatable bonds is 6. The van der Waals surface area contributed by atoms with Crippen LogP contribution in [0.3, 0.4) is 0 Å². The molecule has 4 aromatic rings. The average molecular weight is 546 g/mol. The number of furan rings is 1. The van der Waals surface area contributed by atoms with Crippen LogP contribution >= 0.6 is 23.2 Å². The van der Waals surface area contributed by atoms with Crippen LogP contribution in [0.15, 0.2) is 95.4 Å². The standard InChI is InChI=1S/C30H25Cl2N3O3/c31-23-8-4-7-22(19-23)27-12-13-28(38-27)30(37)33-25-20-24(32)10-11-26(25)34-15-17-35(18-16-34)29(36)14-9-21-5-2-1-3-6-21/h1-14,19-20H,15-18H2,(H,33,37)/b14-9+. The van der Waals surface area contributed by atoms with Gasteiger partial charge >= 0.3 is 0 Å². The van der Waals surface area contributed by atoms with Crippen molar-refractivity contribution in [1.29, 1.82) is 0 Å². The molecular formula is C30H25Cl2N3O3. The zero-order valence-corrected chi connectivity index (χ0v) is 22.0. The third-order valence-corrected chi connectivity index (χ3v) is 6.77. The zero-order valence-electron chi connectivity index (χ0n) is 20.4. The molecule has 3 aromatic carbocycles. The van der Waals surface area contributed by atoms with E-state index in [-0.39, 0.29) is 17.6 Å². The number of nitrogens with zero attached hydrogens (tertiary/aromatic N) is 2. The van der Waals surface area contributed by atoms with E-state index in [4.69, 9.17) is 27.6 Å². The van der Waals surface area contributed by atoms with Gasteiger partial charge in [0.25, 0.3) is 5.91 Å². The second-order valence-electron chi connectivity index (χ2n) is 8.85. The van der Waals surface area contributed by atoms with Crippen molar-refractivity contribution < 1.29 is 14.0 Å². The molecule has 0 spiro atoms. The molecule has 6 nitrogen and oxygen atoms in total. The summed E-state index contributed by atoms with van der Waals surface area (Å²) >= 11 is 12.3. The van der Waals surface area contributed by atoms with E-state index < -0.39 is 0 Å². The minimum Gasteiger partial charge on any atom is -0.451 e. The summed E-state index contributed by atoms with van der Waals surface area (Å²) in [6.45, 7) is 2.37. The van der Waals surface area contributed by atoms with Crippen LogP contribution < -0.4 is 10.2 Å². The highest BCUT2D eigenvalue weighted by atomic mass is 35.5. The molecule has 0 saturated carbocycles.